The van der Waals surface area contributed by atoms with E-state index in [1.165, 1.54) is 30.6 Å². The predicted molar refractivity (Wildman–Crippen MR) is 84.6 cm³/mol. The number of anilines is 1. The monoisotopic (exact) mass is 312 g/mol. The van der Waals surface area contributed by atoms with Gasteiger partial charge in [-0.1, -0.05) is 12.1 Å². The lowest BCUT2D eigenvalue weighted by molar-refractivity contribution is -0.384. The lowest BCUT2D eigenvalue weighted by Crippen LogP contribution is -2.08. The Hall–Kier alpha value is -3.09. The van der Waals surface area contributed by atoms with Crippen molar-refractivity contribution in [2.75, 3.05) is 5.32 Å². The van der Waals surface area contributed by atoms with Crippen molar-refractivity contribution in [3.05, 3.63) is 70.3 Å². The average Bonchev–Trinajstić information content (AvgIpc) is 2.55. The molecule has 0 amide bonds. The average molecular weight is 312 g/mol. The quantitative estimate of drug-likeness (QED) is 0.584. The van der Waals surface area contributed by atoms with Gasteiger partial charge in [-0.2, -0.15) is 0 Å². The number of rotatable bonds is 4. The van der Waals surface area contributed by atoms with Crippen molar-refractivity contribution in [3.63, 3.8) is 0 Å². The van der Waals surface area contributed by atoms with Crippen molar-refractivity contribution in [1.82, 2.24) is 9.97 Å². The number of nitrogens with zero attached hydrogens (tertiary/aromatic N) is 3. The molecule has 3 aromatic rings. The first-order valence-electron chi connectivity index (χ1n) is 6.96. The summed E-state index contributed by atoms with van der Waals surface area (Å²) < 4.78 is 13.4. The molecule has 0 aliphatic rings. The van der Waals surface area contributed by atoms with Crippen molar-refractivity contribution in [3.8, 4) is 0 Å². The molecule has 2 aromatic carbocycles. The Bertz CT molecular complexity index is 868. The Labute approximate surface area is 131 Å². The summed E-state index contributed by atoms with van der Waals surface area (Å²) in [5.74, 6) is 0.152. The zero-order valence-electron chi connectivity index (χ0n) is 12.2. The lowest BCUT2D eigenvalue weighted by Gasteiger charge is -2.16. The van der Waals surface area contributed by atoms with Gasteiger partial charge in [0, 0.05) is 23.6 Å². The Morgan fingerprint density at radius 3 is 2.61 bits per heavy atom. The van der Waals surface area contributed by atoms with Crippen molar-refractivity contribution >= 4 is 22.4 Å². The molecule has 116 valence electrons. The van der Waals surface area contributed by atoms with Crippen LogP contribution in [-0.4, -0.2) is 14.9 Å². The summed E-state index contributed by atoms with van der Waals surface area (Å²) in [6, 6.07) is 10.4. The maximum atomic E-state index is 13.4. The van der Waals surface area contributed by atoms with Crippen LogP contribution in [0.1, 0.15) is 18.5 Å². The van der Waals surface area contributed by atoms with E-state index in [0.717, 1.165) is 5.56 Å². The summed E-state index contributed by atoms with van der Waals surface area (Å²) in [6.45, 7) is 1.90. The van der Waals surface area contributed by atoms with E-state index >= 15 is 0 Å². The third-order valence-electron chi connectivity index (χ3n) is 3.55. The van der Waals surface area contributed by atoms with Crippen LogP contribution in [0.5, 0.6) is 0 Å². The number of aromatic nitrogens is 2. The number of fused-ring (bicyclic) bond motifs is 1. The van der Waals surface area contributed by atoms with Gasteiger partial charge >= 0.3 is 0 Å². The Kier molecular flexibility index (Phi) is 3.84. The minimum absolute atomic E-state index is 0.0375. The van der Waals surface area contributed by atoms with Crippen molar-refractivity contribution in [2.45, 2.75) is 13.0 Å². The summed E-state index contributed by atoms with van der Waals surface area (Å²) in [4.78, 5) is 18.5. The van der Waals surface area contributed by atoms with Crippen molar-refractivity contribution in [1.29, 1.82) is 0 Å². The summed E-state index contributed by atoms with van der Waals surface area (Å²) in [7, 11) is 0. The van der Waals surface area contributed by atoms with Crippen LogP contribution in [0.2, 0.25) is 0 Å². The van der Waals surface area contributed by atoms with Gasteiger partial charge in [-0.15, -0.1) is 0 Å². The molecular weight excluding hydrogens is 299 g/mol. The first-order valence-corrected chi connectivity index (χ1v) is 6.96. The van der Waals surface area contributed by atoms with E-state index in [9.17, 15) is 14.5 Å². The van der Waals surface area contributed by atoms with Crippen LogP contribution in [0.15, 0.2) is 48.8 Å². The molecule has 1 heterocycles. The topological polar surface area (TPSA) is 81.0 Å². The molecule has 0 saturated heterocycles. The number of nitro benzene ring substituents is 1. The molecule has 6 nitrogen and oxygen atoms in total. The highest BCUT2D eigenvalue weighted by Crippen LogP contribution is 2.25. The van der Waals surface area contributed by atoms with Gasteiger partial charge in [0.2, 0.25) is 0 Å². The highest BCUT2D eigenvalue weighted by atomic mass is 19.1. The van der Waals surface area contributed by atoms with E-state index < -0.39 is 4.92 Å². The largest absolute Gasteiger partial charge is 0.363 e. The van der Waals surface area contributed by atoms with Crippen molar-refractivity contribution in [2.24, 2.45) is 0 Å². The van der Waals surface area contributed by atoms with E-state index in [-0.39, 0.29) is 17.5 Å². The number of benzene rings is 2. The Morgan fingerprint density at radius 1 is 1.17 bits per heavy atom. The maximum absolute atomic E-state index is 13.4. The number of hydrogen-bond acceptors (Lipinski definition) is 5. The number of nitro groups is 1. The van der Waals surface area contributed by atoms with Crippen LogP contribution in [0.4, 0.5) is 15.9 Å². The fraction of sp³-hybridized carbons (Fsp3) is 0.125. The summed E-state index contributed by atoms with van der Waals surface area (Å²) in [5, 5.41) is 14.5. The van der Waals surface area contributed by atoms with Crippen LogP contribution in [0.3, 0.4) is 0 Å². The van der Waals surface area contributed by atoms with Gasteiger partial charge in [0.25, 0.3) is 5.69 Å². The third kappa shape index (κ3) is 3.08. The molecule has 23 heavy (non-hydrogen) atoms. The summed E-state index contributed by atoms with van der Waals surface area (Å²) >= 11 is 0. The van der Waals surface area contributed by atoms with E-state index in [4.69, 9.17) is 0 Å². The SMILES string of the molecule is CC(Nc1ncnc2ccc(F)cc12)c1ccc([N+](=O)[O-])cc1. The van der Waals surface area contributed by atoms with Crippen LogP contribution in [-0.2, 0) is 0 Å². The molecule has 1 aromatic heterocycles. The Balaban J connectivity index is 1.89. The van der Waals surface area contributed by atoms with Gasteiger partial charge in [0.15, 0.2) is 0 Å². The zero-order chi connectivity index (χ0) is 16.4. The van der Waals surface area contributed by atoms with E-state index in [0.29, 0.717) is 16.7 Å². The van der Waals surface area contributed by atoms with E-state index in [1.54, 1.807) is 18.2 Å². The minimum Gasteiger partial charge on any atom is -0.363 e. The fourth-order valence-electron chi connectivity index (χ4n) is 2.32. The molecule has 0 fully saturated rings. The second-order valence-corrected chi connectivity index (χ2v) is 5.10. The molecule has 1 atom stereocenters. The van der Waals surface area contributed by atoms with E-state index in [2.05, 4.69) is 15.3 Å². The molecule has 0 radical (unpaired) electrons. The van der Waals surface area contributed by atoms with Crippen LogP contribution in [0.25, 0.3) is 10.9 Å². The standard InChI is InChI=1S/C16H13FN4O2/c1-10(11-2-5-13(6-3-11)21(22)23)20-16-14-8-12(17)4-7-15(14)18-9-19-16/h2-10H,1H3,(H,18,19,20). The number of hydrogen-bond donors (Lipinski definition) is 1. The highest BCUT2D eigenvalue weighted by molar-refractivity contribution is 5.88. The summed E-state index contributed by atoms with van der Waals surface area (Å²) in [5.41, 5.74) is 1.54. The van der Waals surface area contributed by atoms with Gasteiger partial charge in [0.05, 0.1) is 10.4 Å². The smallest absolute Gasteiger partial charge is 0.269 e. The molecule has 3 rings (SSSR count). The summed E-state index contributed by atoms with van der Waals surface area (Å²) in [6.07, 6.45) is 1.41. The zero-order valence-corrected chi connectivity index (χ0v) is 12.2. The third-order valence-corrected chi connectivity index (χ3v) is 3.55. The molecule has 7 heteroatoms. The second-order valence-electron chi connectivity index (χ2n) is 5.10. The maximum Gasteiger partial charge on any atom is 0.269 e. The normalized spacial score (nSPS) is 12.1. The van der Waals surface area contributed by atoms with Crippen LogP contribution < -0.4 is 5.32 Å². The number of non-ortho nitro benzene ring substituents is 1. The molecule has 1 unspecified atom stereocenters. The van der Waals surface area contributed by atoms with Gasteiger partial charge < -0.3 is 5.32 Å². The number of halogens is 1. The Morgan fingerprint density at radius 2 is 1.91 bits per heavy atom. The molecule has 0 saturated carbocycles. The molecule has 0 aliphatic heterocycles. The van der Waals surface area contributed by atoms with Gasteiger partial charge in [-0.05, 0) is 30.7 Å². The lowest BCUT2D eigenvalue weighted by atomic mass is 10.1. The molecule has 0 bridgehead atoms. The molecular formula is C16H13FN4O2. The van der Waals surface area contributed by atoms with Crippen LogP contribution >= 0.6 is 0 Å². The predicted octanol–water partition coefficient (Wildman–Crippen LogP) is 3.85. The first-order chi connectivity index (χ1) is 11.0. The van der Waals surface area contributed by atoms with Crippen LogP contribution in [0, 0.1) is 15.9 Å². The fourth-order valence-corrected chi connectivity index (χ4v) is 2.32. The van der Waals surface area contributed by atoms with Gasteiger partial charge in [0.1, 0.15) is 18.0 Å². The van der Waals surface area contributed by atoms with Gasteiger partial charge in [-0.3, -0.25) is 10.1 Å². The van der Waals surface area contributed by atoms with Crippen molar-refractivity contribution < 1.29 is 9.31 Å². The molecule has 1 N–H and O–H groups in total. The molecule has 0 aliphatic carbocycles. The highest BCUT2D eigenvalue weighted by Gasteiger charge is 2.12. The molecule has 0 spiro atoms. The van der Waals surface area contributed by atoms with Gasteiger partial charge in [-0.25, -0.2) is 14.4 Å². The number of nitrogens with one attached hydrogen (secondary N) is 1. The van der Waals surface area contributed by atoms with E-state index in [1.807, 2.05) is 6.92 Å². The second kappa shape index (κ2) is 5.96. The first kappa shape index (κ1) is 14.8. The minimum atomic E-state index is -0.442.